The first-order valence-corrected chi connectivity index (χ1v) is 13.2. The van der Waals surface area contributed by atoms with E-state index in [9.17, 15) is 10.2 Å². The Balaban J connectivity index is 1.77. The van der Waals surface area contributed by atoms with E-state index < -0.39 is 0 Å². The number of halogens is 4. The molecule has 0 spiro atoms. The number of phenolic OH excluding ortho intramolecular Hbond substituents is 2. The minimum absolute atomic E-state index is 0.00348. The molecule has 0 unspecified atom stereocenters. The van der Waals surface area contributed by atoms with Crippen molar-refractivity contribution in [2.75, 3.05) is 0 Å². The molecule has 6 aromatic carbocycles. The highest BCUT2D eigenvalue weighted by Gasteiger charge is 2.23. The van der Waals surface area contributed by atoms with Crippen molar-refractivity contribution >= 4 is 67.9 Å². The van der Waals surface area contributed by atoms with Gasteiger partial charge < -0.3 is 10.2 Å². The van der Waals surface area contributed by atoms with Crippen molar-refractivity contribution < 1.29 is 10.2 Å². The van der Waals surface area contributed by atoms with Crippen molar-refractivity contribution in [2.45, 2.75) is 0 Å². The molecular weight excluding hydrogens is 558 g/mol. The van der Waals surface area contributed by atoms with Gasteiger partial charge in [-0.25, -0.2) is 0 Å². The second-order valence-electron chi connectivity index (χ2n) is 9.05. The van der Waals surface area contributed by atoms with Gasteiger partial charge in [-0.05, 0) is 81.2 Å². The summed E-state index contributed by atoms with van der Waals surface area (Å²) in [7, 11) is 0. The molecular formula is C32H18Cl4O2. The lowest BCUT2D eigenvalue weighted by molar-refractivity contribution is 0.472. The zero-order valence-corrected chi connectivity index (χ0v) is 22.7. The van der Waals surface area contributed by atoms with Crippen LogP contribution in [0.3, 0.4) is 0 Å². The third kappa shape index (κ3) is 4.34. The van der Waals surface area contributed by atoms with Crippen LogP contribution in [0.4, 0.5) is 0 Å². The number of hydrogen-bond donors (Lipinski definition) is 2. The molecule has 0 fully saturated rings. The average Bonchev–Trinajstić information content (AvgIpc) is 2.87. The van der Waals surface area contributed by atoms with E-state index in [-0.39, 0.29) is 11.5 Å². The van der Waals surface area contributed by atoms with Gasteiger partial charge in [0.05, 0.1) is 0 Å². The highest BCUT2D eigenvalue weighted by atomic mass is 35.5. The van der Waals surface area contributed by atoms with Gasteiger partial charge in [-0.2, -0.15) is 0 Å². The van der Waals surface area contributed by atoms with Crippen LogP contribution in [-0.4, -0.2) is 10.2 Å². The van der Waals surface area contributed by atoms with Crippen LogP contribution in [0.2, 0.25) is 20.1 Å². The second-order valence-corrected chi connectivity index (χ2v) is 10.8. The van der Waals surface area contributed by atoms with E-state index in [4.69, 9.17) is 46.4 Å². The summed E-state index contributed by atoms with van der Waals surface area (Å²) in [6.07, 6.45) is 0. The maximum absolute atomic E-state index is 11.9. The first-order valence-electron chi connectivity index (χ1n) is 11.7. The van der Waals surface area contributed by atoms with Gasteiger partial charge in [0, 0.05) is 42.3 Å². The van der Waals surface area contributed by atoms with Crippen molar-refractivity contribution in [1.82, 2.24) is 0 Å². The lowest BCUT2D eigenvalue weighted by Gasteiger charge is -2.19. The van der Waals surface area contributed by atoms with Crippen LogP contribution in [0, 0.1) is 0 Å². The highest BCUT2D eigenvalue weighted by Crippen LogP contribution is 2.51. The first kappa shape index (κ1) is 24.9. The fourth-order valence-electron chi connectivity index (χ4n) is 5.04. The summed E-state index contributed by atoms with van der Waals surface area (Å²) in [5.41, 5.74) is 3.41. The van der Waals surface area contributed by atoms with Gasteiger partial charge in [0.2, 0.25) is 0 Å². The Kier molecular flexibility index (Phi) is 6.37. The molecule has 186 valence electrons. The van der Waals surface area contributed by atoms with Gasteiger partial charge in [-0.15, -0.1) is 0 Å². The van der Waals surface area contributed by atoms with Crippen LogP contribution >= 0.6 is 46.4 Å². The molecule has 0 aromatic heterocycles. The van der Waals surface area contributed by atoms with E-state index in [1.54, 1.807) is 36.4 Å². The van der Waals surface area contributed by atoms with E-state index >= 15 is 0 Å². The van der Waals surface area contributed by atoms with Crippen molar-refractivity contribution in [3.8, 4) is 44.9 Å². The SMILES string of the molecule is Oc1c(-c2cc(Cl)cc(Cl)c2)cc2ccccc2c1-c1c(O)c(-c2cc(Cl)cc(Cl)c2)cc2ccccc12. The van der Waals surface area contributed by atoms with Crippen molar-refractivity contribution in [3.05, 3.63) is 117 Å². The number of phenols is 2. The Morgan fingerprint density at radius 3 is 1.13 bits per heavy atom. The van der Waals surface area contributed by atoms with Gasteiger partial charge in [0.1, 0.15) is 11.5 Å². The minimum Gasteiger partial charge on any atom is -0.507 e. The second kappa shape index (κ2) is 9.72. The van der Waals surface area contributed by atoms with Gasteiger partial charge in [-0.3, -0.25) is 0 Å². The molecule has 6 heteroatoms. The predicted octanol–water partition coefficient (Wildman–Crippen LogP) is 11.0. The van der Waals surface area contributed by atoms with Crippen molar-refractivity contribution in [3.63, 3.8) is 0 Å². The number of benzene rings is 6. The van der Waals surface area contributed by atoms with Crippen molar-refractivity contribution in [2.24, 2.45) is 0 Å². The third-order valence-corrected chi connectivity index (χ3v) is 7.51. The molecule has 2 nitrogen and oxygen atoms in total. The molecule has 0 saturated heterocycles. The Hall–Kier alpha value is -3.40. The Morgan fingerprint density at radius 2 is 0.763 bits per heavy atom. The number of aromatic hydroxyl groups is 2. The van der Waals surface area contributed by atoms with E-state index in [0.29, 0.717) is 53.5 Å². The Morgan fingerprint density at radius 1 is 0.421 bits per heavy atom. The molecule has 6 rings (SSSR count). The zero-order chi connectivity index (χ0) is 26.6. The summed E-state index contributed by atoms with van der Waals surface area (Å²) in [6.45, 7) is 0. The molecule has 0 saturated carbocycles. The normalized spacial score (nSPS) is 11.4. The van der Waals surface area contributed by atoms with Crippen LogP contribution in [0.5, 0.6) is 11.5 Å². The van der Waals surface area contributed by atoms with Gasteiger partial charge in [-0.1, -0.05) is 94.9 Å². The molecule has 0 radical (unpaired) electrons. The van der Waals surface area contributed by atoms with Gasteiger partial charge >= 0.3 is 0 Å². The smallest absolute Gasteiger partial charge is 0.132 e. The molecule has 0 bridgehead atoms. The van der Waals surface area contributed by atoms with Crippen LogP contribution < -0.4 is 0 Å². The standard InChI is InChI=1S/C32H18Cl4O2/c33-21-9-19(10-22(34)15-21)27-13-17-5-1-3-7-25(17)29(31(27)37)30-26-8-4-2-6-18(26)14-28(32(30)38)20-11-23(35)16-24(36)12-20/h1-16,37-38H. The number of fused-ring (bicyclic) bond motifs is 2. The number of rotatable bonds is 3. The summed E-state index contributed by atoms with van der Waals surface area (Å²) >= 11 is 25.3. The molecule has 0 heterocycles. The summed E-state index contributed by atoms with van der Waals surface area (Å²) < 4.78 is 0. The molecule has 2 N–H and O–H groups in total. The molecule has 0 atom stereocenters. The maximum Gasteiger partial charge on any atom is 0.132 e. The van der Waals surface area contributed by atoms with Crippen LogP contribution in [-0.2, 0) is 0 Å². The third-order valence-electron chi connectivity index (χ3n) is 6.64. The summed E-state index contributed by atoms with van der Waals surface area (Å²) in [6, 6.07) is 29.6. The topological polar surface area (TPSA) is 40.5 Å². The summed E-state index contributed by atoms with van der Waals surface area (Å²) in [5, 5.41) is 28.9. The molecule has 0 aliphatic heterocycles. The van der Waals surface area contributed by atoms with Crippen LogP contribution in [0.1, 0.15) is 0 Å². The average molecular weight is 576 g/mol. The largest absolute Gasteiger partial charge is 0.507 e. The molecule has 0 aliphatic rings. The minimum atomic E-state index is 0.00348. The molecule has 0 amide bonds. The first-order chi connectivity index (χ1) is 18.3. The summed E-state index contributed by atoms with van der Waals surface area (Å²) in [4.78, 5) is 0. The van der Waals surface area contributed by atoms with Gasteiger partial charge in [0.25, 0.3) is 0 Å². The fourth-order valence-corrected chi connectivity index (χ4v) is 6.09. The van der Waals surface area contributed by atoms with E-state index in [0.717, 1.165) is 21.5 Å². The Labute approximate surface area is 239 Å². The van der Waals surface area contributed by atoms with Crippen molar-refractivity contribution in [1.29, 1.82) is 0 Å². The fraction of sp³-hybridized carbons (Fsp3) is 0. The van der Waals surface area contributed by atoms with E-state index in [1.807, 2.05) is 60.7 Å². The summed E-state index contributed by atoms with van der Waals surface area (Å²) in [5.74, 6) is 0.00697. The van der Waals surface area contributed by atoms with Crippen LogP contribution in [0.25, 0.3) is 54.9 Å². The number of hydrogen-bond acceptors (Lipinski definition) is 2. The zero-order valence-electron chi connectivity index (χ0n) is 19.6. The van der Waals surface area contributed by atoms with Crippen LogP contribution in [0.15, 0.2) is 97.1 Å². The molecule has 6 aromatic rings. The maximum atomic E-state index is 11.9. The predicted molar refractivity (Wildman–Crippen MR) is 161 cm³/mol. The quantitative estimate of drug-likeness (QED) is 0.220. The lowest BCUT2D eigenvalue weighted by atomic mass is 9.86. The van der Waals surface area contributed by atoms with E-state index in [1.165, 1.54) is 0 Å². The highest BCUT2D eigenvalue weighted by molar-refractivity contribution is 6.35. The van der Waals surface area contributed by atoms with Gasteiger partial charge in [0.15, 0.2) is 0 Å². The Bertz CT molecular complexity index is 1720. The van der Waals surface area contributed by atoms with E-state index in [2.05, 4.69) is 0 Å². The lowest BCUT2D eigenvalue weighted by Crippen LogP contribution is -1.92. The molecule has 38 heavy (non-hydrogen) atoms. The molecule has 0 aliphatic carbocycles. The monoisotopic (exact) mass is 574 g/mol.